The largest absolute Gasteiger partial charge is 0.507 e. The van der Waals surface area contributed by atoms with E-state index in [-0.39, 0.29) is 46.5 Å². The highest BCUT2D eigenvalue weighted by Crippen LogP contribution is 2.50. The zero-order valence-electron chi connectivity index (χ0n) is 30.4. The van der Waals surface area contributed by atoms with E-state index in [0.29, 0.717) is 19.6 Å². The van der Waals surface area contributed by atoms with E-state index in [1.165, 1.54) is 26.4 Å². The molecule has 264 valence electrons. The molecule has 2 fully saturated rings. The van der Waals surface area contributed by atoms with Crippen molar-refractivity contribution in [1.82, 2.24) is 4.90 Å². The normalized spacial score (nSPS) is 22.5. The number of ether oxygens (including phenoxy) is 1. The van der Waals surface area contributed by atoms with Gasteiger partial charge >= 0.3 is 0 Å². The molecule has 2 saturated heterocycles. The van der Waals surface area contributed by atoms with Gasteiger partial charge < -0.3 is 14.3 Å². The molecular weight excluding hydrogens is 651 g/mol. The minimum Gasteiger partial charge on any atom is -0.507 e. The number of imide groups is 1. The van der Waals surface area contributed by atoms with Crippen molar-refractivity contribution in [3.05, 3.63) is 119 Å². The van der Waals surface area contributed by atoms with Crippen LogP contribution < -0.4 is 10.4 Å². The van der Waals surface area contributed by atoms with Crippen molar-refractivity contribution in [2.75, 3.05) is 20.3 Å². The summed E-state index contributed by atoms with van der Waals surface area (Å²) in [4.78, 5) is 28.4. The number of nitrogens with zero attached hydrogens (tertiary/aromatic N) is 1. The molecule has 4 atom stereocenters. The van der Waals surface area contributed by atoms with Crippen molar-refractivity contribution in [3.63, 3.8) is 0 Å². The average Bonchev–Trinajstić information content (AvgIpc) is 3.66. The van der Waals surface area contributed by atoms with Gasteiger partial charge in [0.05, 0.1) is 31.2 Å². The van der Waals surface area contributed by atoms with Crippen molar-refractivity contribution < 1.29 is 23.9 Å². The van der Waals surface area contributed by atoms with Gasteiger partial charge in [-0.2, -0.15) is 0 Å². The van der Waals surface area contributed by atoms with E-state index in [4.69, 9.17) is 9.16 Å². The molecule has 6 nitrogen and oxygen atoms in total. The number of benzene rings is 4. The lowest BCUT2D eigenvalue weighted by Gasteiger charge is -2.44. The fourth-order valence-corrected chi connectivity index (χ4v) is 13.6. The number of aromatic hydroxyl groups is 1. The summed E-state index contributed by atoms with van der Waals surface area (Å²) in [5, 5.41) is 14.6. The predicted octanol–water partition coefficient (Wildman–Crippen LogP) is 7.64. The van der Waals surface area contributed by atoms with E-state index in [9.17, 15) is 14.7 Å². The maximum atomic E-state index is 13.5. The fourth-order valence-electron chi connectivity index (χ4n) is 9.04. The van der Waals surface area contributed by atoms with Crippen LogP contribution in [0.3, 0.4) is 0 Å². The summed E-state index contributed by atoms with van der Waals surface area (Å²) >= 11 is 0. The average molecular weight is 700 g/mol. The molecule has 7 rings (SSSR count). The Balaban J connectivity index is 1.25. The summed E-state index contributed by atoms with van der Waals surface area (Å²) in [6.07, 6.45) is 5.10. The molecule has 4 aromatic carbocycles. The number of hydrogen-bond donors (Lipinski definition) is 1. The Morgan fingerprint density at radius 1 is 0.882 bits per heavy atom. The third kappa shape index (κ3) is 6.19. The molecule has 2 aliphatic heterocycles. The first-order valence-electron chi connectivity index (χ1n) is 18.3. The summed E-state index contributed by atoms with van der Waals surface area (Å²) < 4.78 is 14.1. The molecule has 0 radical (unpaired) electrons. The van der Waals surface area contributed by atoms with E-state index < -0.39 is 8.32 Å². The van der Waals surface area contributed by atoms with Gasteiger partial charge in [-0.15, -0.1) is 0 Å². The highest BCUT2D eigenvalue weighted by Gasteiger charge is 2.57. The zero-order valence-corrected chi connectivity index (χ0v) is 31.4. The van der Waals surface area contributed by atoms with Gasteiger partial charge in [0.2, 0.25) is 11.8 Å². The van der Waals surface area contributed by atoms with Crippen molar-refractivity contribution in [3.8, 4) is 5.75 Å². The van der Waals surface area contributed by atoms with Crippen LogP contribution in [0, 0.1) is 17.8 Å². The van der Waals surface area contributed by atoms with Crippen molar-refractivity contribution >= 4 is 47.4 Å². The summed E-state index contributed by atoms with van der Waals surface area (Å²) in [5.74, 6) is -0.797. The summed E-state index contributed by atoms with van der Waals surface area (Å²) in [6.45, 7) is 9.85. The summed E-state index contributed by atoms with van der Waals surface area (Å²) in [6, 6.07) is 33.0. The first-order valence-corrected chi connectivity index (χ1v) is 20.3. The van der Waals surface area contributed by atoms with Crippen molar-refractivity contribution in [2.24, 2.45) is 17.8 Å². The van der Waals surface area contributed by atoms with Crippen LogP contribution in [-0.4, -0.2) is 56.5 Å². The molecule has 2 heterocycles. The molecule has 0 bridgehead atoms. The maximum Gasteiger partial charge on any atom is 0.261 e. The number of carbonyl (C=O) groups excluding carboxylic acids is 2. The molecule has 0 spiro atoms. The van der Waals surface area contributed by atoms with Crippen LogP contribution >= 0.6 is 0 Å². The number of fused-ring (bicyclic) bond motifs is 4. The number of hydrogen-bond acceptors (Lipinski definition) is 5. The smallest absolute Gasteiger partial charge is 0.261 e. The third-order valence-corrected chi connectivity index (χ3v) is 16.6. The van der Waals surface area contributed by atoms with Crippen LogP contribution in [0.2, 0.25) is 5.04 Å². The van der Waals surface area contributed by atoms with Gasteiger partial charge in [-0.05, 0) is 69.3 Å². The first kappa shape index (κ1) is 35.1. The standard InChI is InChI=1S/C44H49NO5Si/c1-6-29(25-30-22-23-38(46)35-20-14-13-19-34(30)35)21-24-39-40-31(26-36-41(37(40)28-49-39)43(48)45(5)42(36)47)27-50-51(44(2,3)4,32-15-9-7-10-16-32)33-17-11-8-12-18-33/h7-20,22-23,25,36-37,39,41,46H,6,21,24,26-28H2,1-5H3/b29-25+/t36-,37+,39-,41-/m1/s1. The fraction of sp³-hybridized carbons (Fsp3) is 0.364. The minimum atomic E-state index is -2.85. The molecule has 7 heteroatoms. The molecule has 1 N–H and O–H groups in total. The second-order valence-electron chi connectivity index (χ2n) is 15.4. The number of phenolic OH excluding ortho intramolecular Hbond substituents is 1. The molecule has 3 aliphatic rings. The molecule has 0 unspecified atom stereocenters. The van der Waals surface area contributed by atoms with Crippen LogP contribution in [0.4, 0.5) is 0 Å². The van der Waals surface area contributed by atoms with E-state index in [0.717, 1.165) is 41.2 Å². The molecule has 51 heavy (non-hydrogen) atoms. The Kier molecular flexibility index (Phi) is 9.65. The van der Waals surface area contributed by atoms with Crippen LogP contribution in [0.5, 0.6) is 5.75 Å². The van der Waals surface area contributed by atoms with Gasteiger partial charge in [0.15, 0.2) is 0 Å². The SMILES string of the molecule is CC/C(=C\c1ccc(O)c2ccccc12)CC[C@H]1OC[C@H]2C1=C(CO[Si](c1ccccc1)(c1ccccc1)C(C)(C)C)C[C@H]1C(=O)N(C)C(=O)[C@H]12. The van der Waals surface area contributed by atoms with Crippen LogP contribution in [0.15, 0.2) is 114 Å². The van der Waals surface area contributed by atoms with E-state index in [1.807, 2.05) is 24.3 Å². The maximum absolute atomic E-state index is 13.5. The molecule has 4 aromatic rings. The Bertz CT molecular complexity index is 1960. The van der Waals surface area contributed by atoms with E-state index in [2.05, 4.69) is 101 Å². The zero-order chi connectivity index (χ0) is 35.9. The first-order chi connectivity index (χ1) is 24.5. The van der Waals surface area contributed by atoms with Gasteiger partial charge in [-0.1, -0.05) is 130 Å². The lowest BCUT2D eigenvalue weighted by Crippen LogP contribution is -2.66. The number of allylic oxidation sites excluding steroid dienone is 1. The van der Waals surface area contributed by atoms with Gasteiger partial charge in [-0.3, -0.25) is 14.5 Å². The van der Waals surface area contributed by atoms with Crippen molar-refractivity contribution in [2.45, 2.75) is 64.5 Å². The van der Waals surface area contributed by atoms with Gasteiger partial charge in [0.1, 0.15) is 5.75 Å². The second-order valence-corrected chi connectivity index (χ2v) is 19.7. The van der Waals surface area contributed by atoms with E-state index in [1.54, 1.807) is 13.1 Å². The van der Waals surface area contributed by atoms with Crippen molar-refractivity contribution in [1.29, 1.82) is 0 Å². The third-order valence-electron chi connectivity index (χ3n) is 11.6. The molecule has 0 saturated carbocycles. The quantitative estimate of drug-likeness (QED) is 0.105. The highest BCUT2D eigenvalue weighted by molar-refractivity contribution is 6.99. The van der Waals surface area contributed by atoms with Gasteiger partial charge in [0.25, 0.3) is 8.32 Å². The van der Waals surface area contributed by atoms with Crippen LogP contribution in [0.25, 0.3) is 16.8 Å². The predicted molar refractivity (Wildman–Crippen MR) is 206 cm³/mol. The molecule has 2 amide bonds. The number of phenols is 1. The summed E-state index contributed by atoms with van der Waals surface area (Å²) in [7, 11) is -1.23. The minimum absolute atomic E-state index is 0.0861. The number of carbonyl (C=O) groups is 2. The summed E-state index contributed by atoms with van der Waals surface area (Å²) in [5.41, 5.74) is 4.68. The Morgan fingerprint density at radius 3 is 2.14 bits per heavy atom. The monoisotopic (exact) mass is 699 g/mol. The Labute approximate surface area is 302 Å². The lowest BCUT2D eigenvalue weighted by atomic mass is 9.69. The number of rotatable bonds is 10. The van der Waals surface area contributed by atoms with Crippen LogP contribution in [-0.2, 0) is 18.8 Å². The Morgan fingerprint density at radius 2 is 1.51 bits per heavy atom. The molecule has 0 aromatic heterocycles. The Hall–Kier alpha value is -4.30. The highest BCUT2D eigenvalue weighted by atomic mass is 28.4. The lowest BCUT2D eigenvalue weighted by molar-refractivity contribution is -0.138. The molecular formula is C44H49NO5Si. The second kappa shape index (κ2) is 14.0. The van der Waals surface area contributed by atoms with Gasteiger partial charge in [0, 0.05) is 18.4 Å². The topological polar surface area (TPSA) is 76.1 Å². The van der Waals surface area contributed by atoms with Gasteiger partial charge in [-0.25, -0.2) is 0 Å². The van der Waals surface area contributed by atoms with Crippen LogP contribution in [0.1, 0.15) is 58.9 Å². The molecule has 1 aliphatic carbocycles. The van der Waals surface area contributed by atoms with E-state index >= 15 is 0 Å². The number of amides is 2. The number of likely N-dealkylation sites (tertiary alicyclic amines) is 1.